The minimum atomic E-state index is -1.01. The number of hydrogen-bond acceptors (Lipinski definition) is 3. The van der Waals surface area contributed by atoms with Gasteiger partial charge in [-0.25, -0.2) is 0 Å². The Balaban J connectivity index is 1.62. The van der Waals surface area contributed by atoms with Crippen molar-refractivity contribution in [1.82, 2.24) is 0 Å². The van der Waals surface area contributed by atoms with E-state index >= 15 is 0 Å². The molecule has 0 saturated carbocycles. The van der Waals surface area contributed by atoms with Crippen LogP contribution in [0.1, 0.15) is 0 Å². The van der Waals surface area contributed by atoms with Crippen molar-refractivity contribution in [2.24, 2.45) is 11.8 Å². The molecule has 0 aliphatic carbocycles. The van der Waals surface area contributed by atoms with Gasteiger partial charge in [0.15, 0.2) is 0 Å². The van der Waals surface area contributed by atoms with Crippen molar-refractivity contribution in [3.05, 3.63) is 66.7 Å². The molecule has 1 fully saturated rings. The molecule has 2 N–H and O–H groups in total. The summed E-state index contributed by atoms with van der Waals surface area (Å²) in [6, 6.07) is 17.2. The summed E-state index contributed by atoms with van der Waals surface area (Å²) in [6.45, 7) is 0. The van der Waals surface area contributed by atoms with Crippen LogP contribution in [0.15, 0.2) is 66.7 Å². The molecule has 25 heavy (non-hydrogen) atoms. The van der Waals surface area contributed by atoms with Gasteiger partial charge in [0, 0.05) is 11.3 Å². The highest BCUT2D eigenvalue weighted by atomic mass is 16.5. The van der Waals surface area contributed by atoms with Gasteiger partial charge in [-0.15, -0.1) is 0 Å². The van der Waals surface area contributed by atoms with Crippen molar-refractivity contribution < 1.29 is 19.4 Å². The lowest BCUT2D eigenvalue weighted by Crippen LogP contribution is -2.39. The third kappa shape index (κ3) is 2.72. The smallest absolute Gasteiger partial charge is 0.310 e. The minimum Gasteiger partial charge on any atom is -0.481 e. The third-order valence-electron chi connectivity index (χ3n) is 4.76. The van der Waals surface area contributed by atoms with E-state index in [9.17, 15) is 14.7 Å². The first-order valence-corrected chi connectivity index (χ1v) is 8.17. The number of fused-ring (bicyclic) bond motifs is 2. The van der Waals surface area contributed by atoms with E-state index in [0.717, 1.165) is 11.1 Å². The topological polar surface area (TPSA) is 75.6 Å². The molecule has 2 aromatic rings. The molecule has 0 aromatic heterocycles. The van der Waals surface area contributed by atoms with Gasteiger partial charge >= 0.3 is 5.97 Å². The largest absolute Gasteiger partial charge is 0.481 e. The molecule has 2 aromatic carbocycles. The average molecular weight is 335 g/mol. The number of aliphatic carboxylic acids is 1. The Morgan fingerprint density at radius 2 is 1.52 bits per heavy atom. The molecule has 1 saturated heterocycles. The number of nitrogens with one attached hydrogen (secondary N) is 1. The van der Waals surface area contributed by atoms with Crippen LogP contribution < -0.4 is 5.32 Å². The molecule has 2 aliphatic rings. The van der Waals surface area contributed by atoms with Crippen LogP contribution in [0.4, 0.5) is 5.69 Å². The molecule has 0 spiro atoms. The second kappa shape index (κ2) is 6.18. The standard InChI is InChI=1S/C20H17NO4/c22-19(17-15-10-11-16(25-15)18(17)20(23)24)21-14-9-5-4-8-13(14)12-6-2-1-3-7-12/h1-11,15-18H,(H,21,22)(H,23,24)/t15-,16-,17+,18+/m1/s1. The highest BCUT2D eigenvalue weighted by Gasteiger charge is 2.53. The van der Waals surface area contributed by atoms with Crippen LogP contribution in [-0.2, 0) is 14.3 Å². The zero-order valence-electron chi connectivity index (χ0n) is 13.3. The monoisotopic (exact) mass is 335 g/mol. The summed E-state index contributed by atoms with van der Waals surface area (Å²) < 4.78 is 5.58. The van der Waals surface area contributed by atoms with Crippen molar-refractivity contribution in [2.45, 2.75) is 12.2 Å². The van der Waals surface area contributed by atoms with Crippen molar-refractivity contribution in [1.29, 1.82) is 0 Å². The van der Waals surface area contributed by atoms with Crippen LogP contribution in [0, 0.1) is 11.8 Å². The molecule has 126 valence electrons. The number of carboxylic acid groups (broad SMARTS) is 1. The molecule has 0 unspecified atom stereocenters. The number of para-hydroxylation sites is 1. The van der Waals surface area contributed by atoms with Crippen molar-refractivity contribution in [3.63, 3.8) is 0 Å². The number of anilines is 1. The molecule has 1 amide bonds. The fraction of sp³-hybridized carbons (Fsp3) is 0.200. The van der Waals surface area contributed by atoms with Crippen molar-refractivity contribution in [2.75, 3.05) is 5.32 Å². The zero-order chi connectivity index (χ0) is 17.4. The third-order valence-corrected chi connectivity index (χ3v) is 4.76. The molecule has 4 rings (SSSR count). The van der Waals surface area contributed by atoms with Gasteiger partial charge in [-0.1, -0.05) is 60.7 Å². The molecule has 2 heterocycles. The fourth-order valence-electron chi connectivity index (χ4n) is 3.59. The minimum absolute atomic E-state index is 0.326. The highest BCUT2D eigenvalue weighted by molar-refractivity contribution is 5.99. The summed E-state index contributed by atoms with van der Waals surface area (Å²) in [5.74, 6) is -2.91. The fourth-order valence-corrected chi connectivity index (χ4v) is 3.59. The Hall–Kier alpha value is -2.92. The normalized spacial score (nSPS) is 26.6. The summed E-state index contributed by atoms with van der Waals surface area (Å²) >= 11 is 0. The molecule has 0 radical (unpaired) electrons. The first-order valence-electron chi connectivity index (χ1n) is 8.17. The Morgan fingerprint density at radius 3 is 2.24 bits per heavy atom. The van der Waals surface area contributed by atoms with Gasteiger partial charge in [0.05, 0.1) is 18.1 Å². The lowest BCUT2D eigenvalue weighted by Gasteiger charge is -2.21. The predicted octanol–water partition coefficient (Wildman–Crippen LogP) is 2.95. The van der Waals surface area contributed by atoms with Crippen LogP contribution in [-0.4, -0.2) is 29.2 Å². The lowest BCUT2D eigenvalue weighted by molar-refractivity contribution is -0.145. The maximum Gasteiger partial charge on any atom is 0.310 e. The van der Waals surface area contributed by atoms with E-state index in [1.54, 1.807) is 12.2 Å². The maximum atomic E-state index is 12.8. The van der Waals surface area contributed by atoms with E-state index in [2.05, 4.69) is 5.32 Å². The lowest BCUT2D eigenvalue weighted by atomic mass is 9.82. The summed E-state index contributed by atoms with van der Waals surface area (Å²) in [4.78, 5) is 24.4. The first-order chi connectivity index (χ1) is 12.1. The Bertz CT molecular complexity index is 846. The second-order valence-corrected chi connectivity index (χ2v) is 6.24. The number of ether oxygens (including phenoxy) is 1. The van der Waals surface area contributed by atoms with E-state index in [-0.39, 0.29) is 5.91 Å². The second-order valence-electron chi connectivity index (χ2n) is 6.24. The molecular formula is C20H17NO4. The number of carboxylic acids is 1. The number of carbonyl (C=O) groups excluding carboxylic acids is 1. The molecule has 2 aliphatic heterocycles. The number of amides is 1. The van der Waals surface area contributed by atoms with Gasteiger partial charge in [-0.3, -0.25) is 9.59 Å². The van der Waals surface area contributed by atoms with E-state index in [1.165, 1.54) is 0 Å². The predicted molar refractivity (Wildman–Crippen MR) is 92.9 cm³/mol. The molecule has 5 nitrogen and oxygen atoms in total. The van der Waals surface area contributed by atoms with E-state index in [4.69, 9.17) is 4.74 Å². The Morgan fingerprint density at radius 1 is 0.880 bits per heavy atom. The number of rotatable bonds is 4. The molecular weight excluding hydrogens is 318 g/mol. The van der Waals surface area contributed by atoms with Crippen LogP contribution in [0.25, 0.3) is 11.1 Å². The van der Waals surface area contributed by atoms with Gasteiger partial charge in [0.1, 0.15) is 5.92 Å². The van der Waals surface area contributed by atoms with Gasteiger partial charge in [-0.2, -0.15) is 0 Å². The average Bonchev–Trinajstić information content (AvgIpc) is 3.24. The van der Waals surface area contributed by atoms with Crippen molar-refractivity contribution >= 4 is 17.6 Å². The van der Waals surface area contributed by atoms with E-state index < -0.39 is 30.0 Å². The van der Waals surface area contributed by atoms with E-state index in [1.807, 2.05) is 54.6 Å². The van der Waals surface area contributed by atoms with Crippen LogP contribution >= 0.6 is 0 Å². The summed E-state index contributed by atoms with van der Waals surface area (Å²) in [6.07, 6.45) is 2.50. The van der Waals surface area contributed by atoms with Gasteiger partial charge in [0.25, 0.3) is 0 Å². The van der Waals surface area contributed by atoms with Crippen LogP contribution in [0.3, 0.4) is 0 Å². The SMILES string of the molecule is O=C(O)[C@@H]1[C@@H](C(=O)Nc2ccccc2-c2ccccc2)[C@H]2C=C[C@H]1O2. The van der Waals surface area contributed by atoms with E-state index in [0.29, 0.717) is 5.69 Å². The van der Waals surface area contributed by atoms with Gasteiger partial charge in [0.2, 0.25) is 5.91 Å². The van der Waals surface area contributed by atoms with Crippen molar-refractivity contribution in [3.8, 4) is 11.1 Å². The molecule has 5 heteroatoms. The molecule has 4 atom stereocenters. The number of carbonyl (C=O) groups is 2. The zero-order valence-corrected chi connectivity index (χ0v) is 13.3. The summed E-state index contributed by atoms with van der Waals surface area (Å²) in [7, 11) is 0. The number of hydrogen-bond donors (Lipinski definition) is 2. The Labute approximate surface area is 144 Å². The maximum absolute atomic E-state index is 12.8. The summed E-state index contributed by atoms with van der Waals surface area (Å²) in [5, 5.41) is 12.4. The quantitative estimate of drug-likeness (QED) is 0.843. The number of benzene rings is 2. The van der Waals surface area contributed by atoms with Gasteiger partial charge < -0.3 is 15.2 Å². The van der Waals surface area contributed by atoms with Crippen LogP contribution in [0.5, 0.6) is 0 Å². The summed E-state index contributed by atoms with van der Waals surface area (Å²) in [5.41, 5.74) is 2.54. The Kier molecular flexibility index (Phi) is 3.86. The first kappa shape index (κ1) is 15.6. The highest BCUT2D eigenvalue weighted by Crippen LogP contribution is 2.40. The van der Waals surface area contributed by atoms with Gasteiger partial charge in [-0.05, 0) is 11.6 Å². The van der Waals surface area contributed by atoms with Crippen LogP contribution in [0.2, 0.25) is 0 Å². The molecule has 2 bridgehead atoms.